The van der Waals surface area contributed by atoms with Gasteiger partial charge in [0.2, 0.25) is 5.91 Å². The number of hydrogen-bond donors (Lipinski definition) is 3. The van der Waals surface area contributed by atoms with Gasteiger partial charge in [-0.3, -0.25) is 15.0 Å². The molecular formula is C26H32N4O6. The van der Waals surface area contributed by atoms with Crippen LogP contribution >= 0.6 is 0 Å². The highest BCUT2D eigenvalue weighted by Crippen LogP contribution is 2.20. The molecule has 0 aromatic heterocycles. The van der Waals surface area contributed by atoms with Crippen molar-refractivity contribution in [3.05, 3.63) is 65.2 Å². The Morgan fingerprint density at radius 3 is 2.19 bits per heavy atom. The van der Waals surface area contributed by atoms with Gasteiger partial charge in [0.15, 0.2) is 0 Å². The highest BCUT2D eigenvalue weighted by atomic mass is 16.5. The van der Waals surface area contributed by atoms with Gasteiger partial charge in [-0.25, -0.2) is 4.79 Å². The number of carbonyl (C=O) groups is 3. The van der Waals surface area contributed by atoms with Gasteiger partial charge in [-0.05, 0) is 42.7 Å². The molecule has 192 valence electrons. The van der Waals surface area contributed by atoms with E-state index in [0.29, 0.717) is 49.2 Å². The second-order valence-corrected chi connectivity index (χ2v) is 8.70. The smallest absolute Gasteiger partial charge is 0.329 e. The minimum absolute atomic E-state index is 0.0920. The van der Waals surface area contributed by atoms with Gasteiger partial charge in [-0.1, -0.05) is 24.3 Å². The number of amidine groups is 1. The van der Waals surface area contributed by atoms with E-state index in [-0.39, 0.29) is 30.4 Å². The van der Waals surface area contributed by atoms with Crippen molar-refractivity contribution in [3.8, 4) is 5.75 Å². The van der Waals surface area contributed by atoms with Gasteiger partial charge in [-0.15, -0.1) is 0 Å². The minimum Gasteiger partial charge on any atom is -0.497 e. The Morgan fingerprint density at radius 1 is 1.08 bits per heavy atom. The molecule has 0 saturated carbocycles. The van der Waals surface area contributed by atoms with Gasteiger partial charge < -0.3 is 30.1 Å². The van der Waals surface area contributed by atoms with Crippen LogP contribution < -0.4 is 10.5 Å². The third kappa shape index (κ3) is 6.82. The molecule has 1 fully saturated rings. The fraction of sp³-hybridized carbons (Fsp3) is 0.385. The molecule has 0 aliphatic carbocycles. The molecule has 10 heteroatoms. The highest BCUT2D eigenvalue weighted by Gasteiger charge is 2.33. The summed E-state index contributed by atoms with van der Waals surface area (Å²) in [5.74, 6) is -0.925. The molecule has 0 bridgehead atoms. The lowest BCUT2D eigenvalue weighted by Crippen LogP contribution is -2.53. The maximum absolute atomic E-state index is 13.6. The van der Waals surface area contributed by atoms with Gasteiger partial charge in [0, 0.05) is 37.7 Å². The van der Waals surface area contributed by atoms with Gasteiger partial charge in [0.05, 0.1) is 13.2 Å². The molecule has 2 amide bonds. The largest absolute Gasteiger partial charge is 0.497 e. The number of nitrogens with one attached hydrogen (secondary N) is 1. The maximum atomic E-state index is 13.6. The van der Waals surface area contributed by atoms with E-state index < -0.39 is 12.0 Å². The summed E-state index contributed by atoms with van der Waals surface area (Å²) in [5.41, 5.74) is 7.28. The first kappa shape index (κ1) is 26.7. The summed E-state index contributed by atoms with van der Waals surface area (Å²) in [6.07, 6.45) is 1.15. The number of carboxylic acid groups (broad SMARTS) is 1. The SMILES string of the molecule is COc1ccc(C[C@H](C(=O)N2CCC(OCC(=O)O)CC2)N(C)C(=O)c2ccc(C(=N)N)cc2)cc1. The Kier molecular flexibility index (Phi) is 9.02. The zero-order valence-corrected chi connectivity index (χ0v) is 20.5. The monoisotopic (exact) mass is 496 g/mol. The van der Waals surface area contributed by atoms with Crippen molar-refractivity contribution in [1.29, 1.82) is 5.41 Å². The number of rotatable bonds is 10. The van der Waals surface area contributed by atoms with Crippen molar-refractivity contribution in [1.82, 2.24) is 9.80 Å². The predicted molar refractivity (Wildman–Crippen MR) is 133 cm³/mol. The van der Waals surface area contributed by atoms with Crippen LogP contribution in [-0.4, -0.2) is 84.5 Å². The van der Waals surface area contributed by atoms with Gasteiger partial charge in [0.1, 0.15) is 24.2 Å². The van der Waals surface area contributed by atoms with Crippen LogP contribution in [0.5, 0.6) is 5.75 Å². The first-order chi connectivity index (χ1) is 17.2. The summed E-state index contributed by atoms with van der Waals surface area (Å²) in [7, 11) is 3.19. The molecule has 0 spiro atoms. The van der Waals surface area contributed by atoms with Crippen molar-refractivity contribution < 1.29 is 29.0 Å². The van der Waals surface area contributed by atoms with E-state index in [1.807, 2.05) is 24.3 Å². The Hall–Kier alpha value is -3.92. The van der Waals surface area contributed by atoms with Crippen molar-refractivity contribution in [2.24, 2.45) is 5.73 Å². The van der Waals surface area contributed by atoms with Crippen LogP contribution in [0.15, 0.2) is 48.5 Å². The fourth-order valence-corrected chi connectivity index (χ4v) is 4.16. The topological polar surface area (TPSA) is 146 Å². The van der Waals surface area contributed by atoms with Crippen LogP contribution in [-0.2, 0) is 20.7 Å². The summed E-state index contributed by atoms with van der Waals surface area (Å²) >= 11 is 0. The Morgan fingerprint density at radius 2 is 1.67 bits per heavy atom. The Labute approximate surface area is 210 Å². The summed E-state index contributed by atoms with van der Waals surface area (Å²) < 4.78 is 10.6. The highest BCUT2D eigenvalue weighted by molar-refractivity contribution is 5.99. The van der Waals surface area contributed by atoms with Crippen LogP contribution in [0.2, 0.25) is 0 Å². The number of nitrogens with two attached hydrogens (primary N) is 1. The second kappa shape index (κ2) is 12.2. The molecule has 3 rings (SSSR count). The molecule has 1 heterocycles. The van der Waals surface area contributed by atoms with E-state index in [2.05, 4.69) is 0 Å². The first-order valence-corrected chi connectivity index (χ1v) is 11.7. The number of carboxylic acids is 1. The molecule has 2 aromatic carbocycles. The van der Waals surface area contributed by atoms with Crippen molar-refractivity contribution in [2.75, 3.05) is 33.9 Å². The average molecular weight is 497 g/mol. The first-order valence-electron chi connectivity index (χ1n) is 11.7. The van der Waals surface area contributed by atoms with E-state index in [1.165, 1.54) is 4.90 Å². The van der Waals surface area contributed by atoms with E-state index in [1.54, 1.807) is 43.3 Å². The van der Waals surface area contributed by atoms with Gasteiger partial charge in [-0.2, -0.15) is 0 Å². The number of aliphatic carboxylic acids is 1. The summed E-state index contributed by atoms with van der Waals surface area (Å²) in [4.78, 5) is 40.9. The number of methoxy groups -OCH3 is 1. The molecule has 1 atom stereocenters. The molecule has 0 unspecified atom stereocenters. The lowest BCUT2D eigenvalue weighted by atomic mass is 10.00. The molecule has 1 saturated heterocycles. The second-order valence-electron chi connectivity index (χ2n) is 8.70. The number of likely N-dealkylation sites (N-methyl/N-ethyl adjacent to an activating group) is 1. The zero-order chi connectivity index (χ0) is 26.2. The number of amides is 2. The number of nitrogen functional groups attached to an aromatic ring is 1. The van der Waals surface area contributed by atoms with Gasteiger partial charge in [0.25, 0.3) is 5.91 Å². The maximum Gasteiger partial charge on any atom is 0.329 e. The number of nitrogens with zero attached hydrogens (tertiary/aromatic N) is 2. The average Bonchev–Trinajstić information content (AvgIpc) is 2.90. The van der Waals surface area contributed by atoms with E-state index >= 15 is 0 Å². The van der Waals surface area contributed by atoms with Crippen LogP contribution in [0.3, 0.4) is 0 Å². The Balaban J connectivity index is 1.78. The predicted octanol–water partition coefficient (Wildman–Crippen LogP) is 1.75. The number of piperidine rings is 1. The standard InChI is InChI=1S/C26H32N4O6/c1-29(25(33)19-7-5-18(6-8-19)24(27)28)22(15-17-3-9-20(35-2)10-4-17)26(34)30-13-11-21(12-14-30)36-16-23(31)32/h3-10,21-22H,11-16H2,1-2H3,(H3,27,28)(H,31,32)/t22-/m1/s1. The van der Waals surface area contributed by atoms with Crippen LogP contribution in [0.1, 0.15) is 34.3 Å². The normalized spacial score (nSPS) is 14.7. The lowest BCUT2D eigenvalue weighted by molar-refractivity contribution is -0.147. The minimum atomic E-state index is -1.02. The van der Waals surface area contributed by atoms with E-state index in [0.717, 1.165) is 5.56 Å². The van der Waals surface area contributed by atoms with E-state index in [4.69, 9.17) is 25.7 Å². The molecule has 10 nitrogen and oxygen atoms in total. The third-order valence-electron chi connectivity index (χ3n) is 6.30. The number of hydrogen-bond acceptors (Lipinski definition) is 6. The van der Waals surface area contributed by atoms with E-state index in [9.17, 15) is 14.4 Å². The lowest BCUT2D eigenvalue weighted by Gasteiger charge is -2.36. The molecule has 1 aliphatic rings. The molecule has 1 aliphatic heterocycles. The Bertz CT molecular complexity index is 1080. The van der Waals surface area contributed by atoms with Crippen molar-refractivity contribution in [3.63, 3.8) is 0 Å². The molecular weight excluding hydrogens is 464 g/mol. The number of likely N-dealkylation sites (tertiary alicyclic amines) is 1. The summed E-state index contributed by atoms with van der Waals surface area (Å²) in [6.45, 7) is 0.466. The summed E-state index contributed by atoms with van der Waals surface area (Å²) in [5, 5.41) is 16.4. The summed E-state index contributed by atoms with van der Waals surface area (Å²) in [6, 6.07) is 13.0. The number of benzene rings is 2. The number of carbonyl (C=O) groups excluding carboxylic acids is 2. The van der Waals surface area contributed by atoms with Crippen molar-refractivity contribution >= 4 is 23.6 Å². The molecule has 0 radical (unpaired) electrons. The van der Waals surface area contributed by atoms with Crippen LogP contribution in [0, 0.1) is 5.41 Å². The molecule has 36 heavy (non-hydrogen) atoms. The quantitative estimate of drug-likeness (QED) is 0.335. The van der Waals surface area contributed by atoms with Crippen LogP contribution in [0.4, 0.5) is 0 Å². The van der Waals surface area contributed by atoms with Crippen molar-refractivity contribution in [2.45, 2.75) is 31.4 Å². The zero-order valence-electron chi connectivity index (χ0n) is 20.5. The third-order valence-corrected chi connectivity index (χ3v) is 6.30. The number of ether oxygens (including phenoxy) is 2. The fourth-order valence-electron chi connectivity index (χ4n) is 4.16. The van der Waals surface area contributed by atoms with Crippen LogP contribution in [0.25, 0.3) is 0 Å². The molecule has 2 aromatic rings. The van der Waals surface area contributed by atoms with Gasteiger partial charge >= 0.3 is 5.97 Å². The molecule has 4 N–H and O–H groups in total.